The predicted molar refractivity (Wildman–Crippen MR) is 29.8 cm³/mol. The Labute approximate surface area is 47.6 Å². The first-order chi connectivity index (χ1) is 3.48. The van der Waals surface area contributed by atoms with Gasteiger partial charge < -0.3 is 10.3 Å². The number of hydrogen-bond donors (Lipinski definition) is 3. The molecular formula is C4H10N2O2. The van der Waals surface area contributed by atoms with Crippen LogP contribution in [0.15, 0.2) is 0 Å². The van der Waals surface area contributed by atoms with E-state index in [1.54, 1.807) is 0 Å². The Balaban J connectivity index is 4.03. The molecule has 0 fully saturated rings. The maximum absolute atomic E-state index is 9.70. The molecule has 48 valence electrons. The smallest absolute Gasteiger partial charge is 0.275 e. The summed E-state index contributed by atoms with van der Waals surface area (Å²) in [5.74, 6) is -0.169. The van der Waals surface area contributed by atoms with Crippen LogP contribution in [0, 0.1) is 5.21 Å². The monoisotopic (exact) mass is 118 g/mol. The van der Waals surface area contributed by atoms with Gasteiger partial charge in [0, 0.05) is 0 Å². The second-order valence-corrected chi connectivity index (χ2v) is 2.07. The van der Waals surface area contributed by atoms with Crippen molar-refractivity contribution < 1.29 is 10.3 Å². The van der Waals surface area contributed by atoms with Crippen molar-refractivity contribution in [2.75, 3.05) is 0 Å². The van der Waals surface area contributed by atoms with Crippen LogP contribution in [0.25, 0.3) is 0 Å². The number of rotatable bonds is 1. The van der Waals surface area contributed by atoms with E-state index in [1.165, 1.54) is 19.0 Å². The lowest BCUT2D eigenvalue weighted by molar-refractivity contribution is -0.381. The van der Waals surface area contributed by atoms with Gasteiger partial charge in [0.2, 0.25) is 0 Å². The van der Waals surface area contributed by atoms with Gasteiger partial charge in [-0.15, -0.1) is 0 Å². The van der Waals surface area contributed by atoms with Gasteiger partial charge in [-0.05, 0) is 13.8 Å². The molecule has 0 heterocycles. The second kappa shape index (κ2) is 2.00. The highest BCUT2D eigenvalue weighted by molar-refractivity contribution is 5.82. The predicted octanol–water partition coefficient (Wildman–Crippen LogP) is -2.31. The number of nitrogens with one attached hydrogen (secondary N) is 1. The fourth-order valence-electron chi connectivity index (χ4n) is 0.125. The maximum Gasteiger partial charge on any atom is 0.275 e. The Hall–Kier alpha value is -0.770. The zero-order chi connectivity index (χ0) is 6.78. The van der Waals surface area contributed by atoms with Crippen molar-refractivity contribution in [2.24, 2.45) is 5.73 Å². The fraction of sp³-hybridized carbons (Fsp3) is 0.750. The first kappa shape index (κ1) is 7.23. The van der Waals surface area contributed by atoms with Crippen molar-refractivity contribution in [3.05, 3.63) is 5.21 Å². The number of nitrogens with two attached hydrogens (primary N) is 1. The molecular weight excluding hydrogens is 108 g/mol. The van der Waals surface area contributed by atoms with Gasteiger partial charge in [-0.1, -0.05) is 0 Å². The molecule has 0 aromatic rings. The number of hydrogen-bond acceptors (Lipinski definition) is 2. The topological polar surface area (TPSA) is 83.3 Å². The third kappa shape index (κ3) is 1.79. The zero-order valence-corrected chi connectivity index (χ0v) is 4.93. The molecule has 0 aromatic heterocycles. The molecule has 0 spiro atoms. The summed E-state index contributed by atoms with van der Waals surface area (Å²) in [7, 11) is 0. The minimum Gasteiger partial charge on any atom is -0.717 e. The van der Waals surface area contributed by atoms with E-state index >= 15 is 0 Å². The Morgan fingerprint density at radius 2 is 2.12 bits per heavy atom. The van der Waals surface area contributed by atoms with Gasteiger partial charge >= 0.3 is 0 Å². The van der Waals surface area contributed by atoms with E-state index in [0.29, 0.717) is 0 Å². The molecule has 0 radical (unpaired) electrons. The van der Waals surface area contributed by atoms with Crippen LogP contribution in [-0.4, -0.2) is 16.5 Å². The van der Waals surface area contributed by atoms with Crippen molar-refractivity contribution in [3.8, 4) is 0 Å². The van der Waals surface area contributed by atoms with Crippen molar-refractivity contribution >= 4 is 5.84 Å². The van der Waals surface area contributed by atoms with E-state index < -0.39 is 5.60 Å². The van der Waals surface area contributed by atoms with Crippen LogP contribution in [0.1, 0.15) is 13.8 Å². The van der Waals surface area contributed by atoms with E-state index in [-0.39, 0.29) is 5.84 Å². The third-order valence-electron chi connectivity index (χ3n) is 0.769. The van der Waals surface area contributed by atoms with Gasteiger partial charge in [-0.2, -0.15) is 0 Å². The summed E-state index contributed by atoms with van der Waals surface area (Å²) in [5, 5.41) is 20.0. The summed E-state index contributed by atoms with van der Waals surface area (Å²) in [6, 6.07) is 0. The summed E-state index contributed by atoms with van der Waals surface area (Å²) in [5.41, 5.74) is 3.77. The standard InChI is InChI=1S/C4H10N2O2/c1-4(2,7)3(5)6-8/h6-7H,5H2,1-2H3/b6-3+. The fourth-order valence-corrected chi connectivity index (χ4v) is 0.125. The van der Waals surface area contributed by atoms with Crippen molar-refractivity contribution in [1.82, 2.24) is 0 Å². The molecule has 0 aromatic carbocycles. The van der Waals surface area contributed by atoms with Crippen molar-refractivity contribution in [2.45, 2.75) is 19.4 Å². The molecule has 0 aliphatic rings. The molecule has 0 saturated carbocycles. The molecule has 0 unspecified atom stereocenters. The summed E-state index contributed by atoms with van der Waals surface area (Å²) >= 11 is 0. The van der Waals surface area contributed by atoms with Gasteiger partial charge in [0.05, 0.1) is 0 Å². The lowest BCUT2D eigenvalue weighted by Gasteiger charge is -2.11. The molecule has 8 heavy (non-hydrogen) atoms. The van der Waals surface area contributed by atoms with Crippen LogP contribution in [0.3, 0.4) is 0 Å². The van der Waals surface area contributed by atoms with E-state index in [0.717, 1.165) is 0 Å². The second-order valence-electron chi connectivity index (χ2n) is 2.07. The third-order valence-corrected chi connectivity index (χ3v) is 0.769. The van der Waals surface area contributed by atoms with Crippen LogP contribution >= 0.6 is 0 Å². The molecule has 0 atom stereocenters. The Morgan fingerprint density at radius 3 is 2.12 bits per heavy atom. The minimum absolute atomic E-state index is 0.169. The SMILES string of the molecule is CC(C)(O)/C(N)=[NH+]\[O-]. The minimum atomic E-state index is -1.22. The highest BCUT2D eigenvalue weighted by atomic mass is 16.4. The van der Waals surface area contributed by atoms with Crippen molar-refractivity contribution in [1.29, 1.82) is 0 Å². The van der Waals surface area contributed by atoms with Gasteiger partial charge in [-0.3, -0.25) is 10.9 Å². The average molecular weight is 118 g/mol. The summed E-state index contributed by atoms with van der Waals surface area (Å²) < 4.78 is 0. The first-order valence-electron chi connectivity index (χ1n) is 2.22. The number of amidine groups is 1. The lowest BCUT2D eigenvalue weighted by atomic mass is 10.1. The van der Waals surface area contributed by atoms with Gasteiger partial charge in [0.1, 0.15) is 0 Å². The van der Waals surface area contributed by atoms with Crippen LogP contribution < -0.4 is 10.9 Å². The molecule has 4 N–H and O–H groups in total. The quantitative estimate of drug-likeness (QED) is 0.156. The Morgan fingerprint density at radius 1 is 1.75 bits per heavy atom. The molecule has 0 saturated heterocycles. The highest BCUT2D eigenvalue weighted by Crippen LogP contribution is 1.94. The molecule has 0 aliphatic carbocycles. The Kier molecular flexibility index (Phi) is 1.81. The molecule has 4 nitrogen and oxygen atoms in total. The molecule has 4 heteroatoms. The highest BCUT2D eigenvalue weighted by Gasteiger charge is 2.21. The molecule has 0 rings (SSSR count). The molecule has 0 bridgehead atoms. The number of aliphatic hydroxyl groups is 1. The average Bonchev–Trinajstić information content (AvgIpc) is 1.62. The van der Waals surface area contributed by atoms with Gasteiger partial charge in [-0.25, -0.2) is 0 Å². The van der Waals surface area contributed by atoms with Crippen LogP contribution in [0.5, 0.6) is 0 Å². The normalized spacial score (nSPS) is 14.1. The molecule has 0 aliphatic heterocycles. The summed E-state index contributed by atoms with van der Waals surface area (Å²) in [6.45, 7) is 2.85. The Bertz CT molecular complexity index is 103. The van der Waals surface area contributed by atoms with Crippen LogP contribution in [-0.2, 0) is 0 Å². The van der Waals surface area contributed by atoms with E-state index in [1.807, 2.05) is 0 Å². The summed E-state index contributed by atoms with van der Waals surface area (Å²) in [4.78, 5) is 0. The summed E-state index contributed by atoms with van der Waals surface area (Å²) in [6.07, 6.45) is 0. The van der Waals surface area contributed by atoms with Crippen LogP contribution in [0.2, 0.25) is 0 Å². The van der Waals surface area contributed by atoms with Crippen LogP contribution in [0.4, 0.5) is 0 Å². The van der Waals surface area contributed by atoms with E-state index in [9.17, 15) is 5.21 Å². The lowest BCUT2D eigenvalue weighted by Crippen LogP contribution is -2.74. The zero-order valence-electron chi connectivity index (χ0n) is 4.93. The van der Waals surface area contributed by atoms with E-state index in [4.69, 9.17) is 10.8 Å². The van der Waals surface area contributed by atoms with Gasteiger partial charge in [0.25, 0.3) is 5.84 Å². The van der Waals surface area contributed by atoms with Gasteiger partial charge in [0.15, 0.2) is 5.60 Å². The largest absolute Gasteiger partial charge is 0.717 e. The first-order valence-corrected chi connectivity index (χ1v) is 2.22. The maximum atomic E-state index is 9.70. The molecule has 0 amide bonds. The van der Waals surface area contributed by atoms with E-state index in [2.05, 4.69) is 0 Å². The van der Waals surface area contributed by atoms with Crippen molar-refractivity contribution in [3.63, 3.8) is 0 Å².